The van der Waals surface area contributed by atoms with Gasteiger partial charge in [0.2, 0.25) is 11.4 Å². The van der Waals surface area contributed by atoms with Gasteiger partial charge in [0.25, 0.3) is 0 Å². The van der Waals surface area contributed by atoms with Crippen molar-refractivity contribution in [1.82, 2.24) is 0 Å². The predicted molar refractivity (Wildman–Crippen MR) is 174 cm³/mol. The van der Waals surface area contributed by atoms with E-state index in [0.717, 1.165) is 36.6 Å². The lowest BCUT2D eigenvalue weighted by atomic mass is 9.85. The van der Waals surface area contributed by atoms with Crippen LogP contribution in [0.1, 0.15) is 121 Å². The monoisotopic (exact) mass is 577 g/mol. The van der Waals surface area contributed by atoms with Crippen molar-refractivity contribution in [3.05, 3.63) is 76.2 Å². The van der Waals surface area contributed by atoms with Gasteiger partial charge in [-0.3, -0.25) is 4.79 Å². The van der Waals surface area contributed by atoms with Crippen LogP contribution < -0.4 is 14.6 Å². The molecule has 0 bridgehead atoms. The molecule has 5 heteroatoms. The molecular weight excluding hydrogens is 524 g/mol. The molecule has 1 aromatic heterocycles. The number of anilines is 1. The summed E-state index contributed by atoms with van der Waals surface area (Å²) in [5.41, 5.74) is 6.28. The van der Waals surface area contributed by atoms with E-state index in [9.17, 15) is 4.79 Å². The Morgan fingerprint density at radius 3 is 2.02 bits per heavy atom. The molecular formula is C36H53N2O2S+. The van der Waals surface area contributed by atoms with Crippen molar-refractivity contribution in [2.75, 3.05) is 11.9 Å². The van der Waals surface area contributed by atoms with Crippen LogP contribution in [-0.2, 0) is 23.2 Å². The number of carbonyl (C=O) groups excluding carboxylic acids is 1. The number of amides is 1. The molecule has 0 atom stereocenters. The van der Waals surface area contributed by atoms with Gasteiger partial charge in [0.05, 0.1) is 18.4 Å². The quantitative estimate of drug-likeness (QED) is 0.114. The number of rotatable bonds is 19. The predicted octanol–water partition coefficient (Wildman–Crippen LogP) is 9.64. The number of aromatic nitrogens is 1. The van der Waals surface area contributed by atoms with E-state index in [1.54, 1.807) is 11.3 Å². The normalized spacial score (nSPS) is 11.5. The zero-order valence-corrected chi connectivity index (χ0v) is 26.9. The summed E-state index contributed by atoms with van der Waals surface area (Å²) in [5.74, 6) is 0.904. The smallest absolute Gasteiger partial charge is 0.228 e. The maximum absolute atomic E-state index is 12.8. The first-order chi connectivity index (χ1) is 19.8. The zero-order chi connectivity index (χ0) is 29.3. The number of hydrogen-bond donors (Lipinski definition) is 1. The first-order valence-electron chi connectivity index (χ1n) is 15.9. The van der Waals surface area contributed by atoms with Gasteiger partial charge in [-0.2, -0.15) is 4.57 Å². The summed E-state index contributed by atoms with van der Waals surface area (Å²) < 4.78 is 8.47. The van der Waals surface area contributed by atoms with Crippen molar-refractivity contribution in [1.29, 1.82) is 0 Å². The largest absolute Gasteiger partial charge is 0.493 e. The standard InChI is InChI=1S/C36H52N2O2S/c1-5-6-7-8-9-10-11-12-13-14-15-16-24-40-34-26-31(19-22-33(34)36(2,3)4)27-35(39)37-32-20-17-30(18-21-32)28-38-23-25-41-29-38/h17-23,25-26,29H,5-16,24,27-28H2,1-4H3/p+1. The summed E-state index contributed by atoms with van der Waals surface area (Å²) in [5, 5.41) is 5.12. The van der Waals surface area contributed by atoms with E-state index < -0.39 is 0 Å². The maximum Gasteiger partial charge on any atom is 0.228 e. The zero-order valence-electron chi connectivity index (χ0n) is 26.1. The fraction of sp³-hybridized carbons (Fsp3) is 0.556. The van der Waals surface area contributed by atoms with E-state index in [0.29, 0.717) is 6.42 Å². The summed E-state index contributed by atoms with van der Waals surface area (Å²) in [6.45, 7) is 10.5. The number of ether oxygens (including phenoxy) is 1. The van der Waals surface area contributed by atoms with Gasteiger partial charge in [-0.25, -0.2) is 0 Å². The Morgan fingerprint density at radius 1 is 0.829 bits per heavy atom. The van der Waals surface area contributed by atoms with Crippen molar-refractivity contribution < 1.29 is 14.1 Å². The highest BCUT2D eigenvalue weighted by Crippen LogP contribution is 2.32. The minimum absolute atomic E-state index is 0.0135. The van der Waals surface area contributed by atoms with E-state index >= 15 is 0 Å². The third-order valence-corrected chi connectivity index (χ3v) is 8.28. The Morgan fingerprint density at radius 2 is 1.44 bits per heavy atom. The lowest BCUT2D eigenvalue weighted by Gasteiger charge is -2.23. The molecule has 1 amide bonds. The second-order valence-electron chi connectivity index (χ2n) is 12.4. The molecule has 2 aromatic carbocycles. The lowest BCUT2D eigenvalue weighted by molar-refractivity contribution is -0.683. The summed E-state index contributed by atoms with van der Waals surface area (Å²) in [6, 6.07) is 14.4. The second-order valence-corrected chi connectivity index (χ2v) is 13.2. The molecule has 4 nitrogen and oxygen atoms in total. The Kier molecular flexibility index (Phi) is 14.4. The molecule has 0 saturated carbocycles. The van der Waals surface area contributed by atoms with Gasteiger partial charge < -0.3 is 10.1 Å². The van der Waals surface area contributed by atoms with Crippen molar-refractivity contribution >= 4 is 22.9 Å². The number of carbonyl (C=O) groups is 1. The molecule has 0 aliphatic carbocycles. The molecule has 0 aliphatic rings. The number of nitrogens with one attached hydrogen (secondary N) is 1. The van der Waals surface area contributed by atoms with Crippen molar-refractivity contribution in [2.24, 2.45) is 0 Å². The van der Waals surface area contributed by atoms with Gasteiger partial charge in [-0.1, -0.05) is 134 Å². The van der Waals surface area contributed by atoms with Crippen LogP contribution in [0.3, 0.4) is 0 Å². The molecule has 1 N–H and O–H groups in total. The molecule has 3 aromatic rings. The number of unbranched alkanes of at least 4 members (excludes halogenated alkanes) is 11. The van der Waals surface area contributed by atoms with E-state index in [4.69, 9.17) is 4.74 Å². The Labute approximate surface area is 253 Å². The third-order valence-electron chi connectivity index (χ3n) is 7.60. The van der Waals surface area contributed by atoms with Gasteiger partial charge in [0.1, 0.15) is 5.75 Å². The average Bonchev–Trinajstić information content (AvgIpc) is 3.45. The van der Waals surface area contributed by atoms with Crippen LogP contribution in [0.2, 0.25) is 0 Å². The van der Waals surface area contributed by atoms with Crippen LogP contribution in [-0.4, -0.2) is 12.5 Å². The number of nitrogens with zero attached hydrogens (tertiary/aromatic N) is 1. The topological polar surface area (TPSA) is 42.2 Å². The summed E-state index contributed by atoms with van der Waals surface area (Å²) in [6.07, 6.45) is 18.4. The fourth-order valence-electron chi connectivity index (χ4n) is 5.19. The Hall–Kier alpha value is -2.66. The molecule has 224 valence electrons. The maximum atomic E-state index is 12.8. The van der Waals surface area contributed by atoms with Gasteiger partial charge >= 0.3 is 0 Å². The van der Waals surface area contributed by atoms with Crippen LogP contribution in [0.5, 0.6) is 5.75 Å². The van der Waals surface area contributed by atoms with Crippen molar-refractivity contribution in [3.63, 3.8) is 0 Å². The summed E-state index contributed by atoms with van der Waals surface area (Å²) >= 11 is 1.68. The third kappa shape index (κ3) is 12.8. The molecule has 0 fully saturated rings. The van der Waals surface area contributed by atoms with E-state index in [-0.39, 0.29) is 11.3 Å². The SMILES string of the molecule is CCCCCCCCCCCCCCOc1cc(CC(=O)Nc2ccc(C[n+]3ccsc3)cc2)ccc1C(C)(C)C. The summed E-state index contributed by atoms with van der Waals surface area (Å²) in [7, 11) is 0. The van der Waals surface area contributed by atoms with Gasteiger partial charge in [-0.15, -0.1) is 0 Å². The number of benzene rings is 2. The van der Waals surface area contributed by atoms with Crippen LogP contribution in [0, 0.1) is 0 Å². The fourth-order valence-corrected chi connectivity index (χ4v) is 5.79. The van der Waals surface area contributed by atoms with Crippen LogP contribution in [0.25, 0.3) is 0 Å². The Balaban J connectivity index is 1.40. The molecule has 1 heterocycles. The van der Waals surface area contributed by atoms with Crippen LogP contribution in [0.15, 0.2) is 59.6 Å². The highest BCUT2D eigenvalue weighted by atomic mass is 32.1. The van der Waals surface area contributed by atoms with Gasteiger partial charge in [0.15, 0.2) is 12.7 Å². The molecule has 3 rings (SSSR count). The Bertz CT molecular complexity index is 1130. The number of hydrogen-bond acceptors (Lipinski definition) is 3. The van der Waals surface area contributed by atoms with Gasteiger partial charge in [-0.05, 0) is 41.2 Å². The molecule has 0 spiro atoms. The molecule has 0 aliphatic heterocycles. The molecule has 41 heavy (non-hydrogen) atoms. The minimum atomic E-state index is -0.0181. The molecule has 0 saturated heterocycles. The highest BCUT2D eigenvalue weighted by Gasteiger charge is 2.20. The van der Waals surface area contributed by atoms with E-state index in [1.165, 1.54) is 81.8 Å². The second kappa shape index (κ2) is 18.0. The highest BCUT2D eigenvalue weighted by molar-refractivity contribution is 7.07. The van der Waals surface area contributed by atoms with Gasteiger partial charge in [0, 0.05) is 11.3 Å². The lowest BCUT2D eigenvalue weighted by Crippen LogP contribution is -2.30. The first kappa shape index (κ1) is 32.8. The number of thiazole rings is 1. The van der Waals surface area contributed by atoms with Crippen molar-refractivity contribution in [2.45, 2.75) is 123 Å². The van der Waals surface area contributed by atoms with Crippen molar-refractivity contribution in [3.8, 4) is 5.75 Å². The molecule has 0 radical (unpaired) electrons. The average molecular weight is 578 g/mol. The first-order valence-corrected chi connectivity index (χ1v) is 16.9. The van der Waals surface area contributed by atoms with E-state index in [1.807, 2.05) is 12.1 Å². The minimum Gasteiger partial charge on any atom is -0.493 e. The van der Waals surface area contributed by atoms with Crippen LogP contribution >= 0.6 is 11.3 Å². The molecule has 0 unspecified atom stereocenters. The summed E-state index contributed by atoms with van der Waals surface area (Å²) in [4.78, 5) is 12.8. The van der Waals surface area contributed by atoms with Crippen LogP contribution in [0.4, 0.5) is 5.69 Å². The van der Waals surface area contributed by atoms with E-state index in [2.05, 4.69) is 85.0 Å².